The Hall–Kier alpha value is -2.21. The zero-order chi connectivity index (χ0) is 24.1. The van der Waals surface area contributed by atoms with Crippen LogP contribution in [0.25, 0.3) is 0 Å². The molecule has 0 bridgehead atoms. The zero-order valence-corrected chi connectivity index (χ0v) is 20.8. The van der Waals surface area contributed by atoms with Crippen molar-refractivity contribution in [1.82, 2.24) is 10.2 Å². The lowest BCUT2D eigenvalue weighted by molar-refractivity contribution is -0.137. The molecule has 1 aromatic rings. The lowest BCUT2D eigenvalue weighted by atomic mass is 9.80. The first-order valence-electron chi connectivity index (χ1n) is 13.3. The Morgan fingerprint density at radius 3 is 2.50 bits per heavy atom. The number of nitrogens with one attached hydrogen (secondary N) is 1. The number of hydrogen-bond donors (Lipinski definition) is 1. The van der Waals surface area contributed by atoms with Gasteiger partial charge in [-0.05, 0) is 62.1 Å². The number of ether oxygens (including phenoxy) is 1. The molecule has 2 atom stereocenters. The van der Waals surface area contributed by atoms with Crippen molar-refractivity contribution in [2.75, 3.05) is 19.7 Å². The Morgan fingerprint density at radius 1 is 1.03 bits per heavy atom. The molecule has 1 unspecified atom stereocenters. The van der Waals surface area contributed by atoms with Gasteiger partial charge in [-0.25, -0.2) is 0 Å². The van der Waals surface area contributed by atoms with Crippen LogP contribution in [-0.2, 0) is 14.3 Å². The van der Waals surface area contributed by atoms with E-state index in [1.54, 1.807) is 0 Å². The van der Waals surface area contributed by atoms with Crippen molar-refractivity contribution in [3.8, 4) is 0 Å². The third-order valence-electron chi connectivity index (χ3n) is 7.64. The number of rotatable bonds is 9. The molecule has 2 saturated carbocycles. The van der Waals surface area contributed by atoms with Gasteiger partial charge in [0.05, 0.1) is 12.1 Å². The quantitative estimate of drug-likeness (QED) is 0.580. The van der Waals surface area contributed by atoms with E-state index in [9.17, 15) is 14.4 Å². The Labute approximate surface area is 203 Å². The van der Waals surface area contributed by atoms with Gasteiger partial charge in [-0.1, -0.05) is 45.2 Å². The molecule has 3 aliphatic rings. The maximum absolute atomic E-state index is 13.2. The van der Waals surface area contributed by atoms with Crippen molar-refractivity contribution in [3.05, 3.63) is 35.4 Å². The van der Waals surface area contributed by atoms with Crippen LogP contribution < -0.4 is 5.32 Å². The van der Waals surface area contributed by atoms with Crippen LogP contribution in [0.4, 0.5) is 0 Å². The van der Waals surface area contributed by atoms with E-state index in [4.69, 9.17) is 4.74 Å². The summed E-state index contributed by atoms with van der Waals surface area (Å²) in [6, 6.07) is 7.33. The fraction of sp³-hybridized carbons (Fsp3) is 0.679. The van der Waals surface area contributed by atoms with Crippen molar-refractivity contribution >= 4 is 17.6 Å². The van der Waals surface area contributed by atoms with Gasteiger partial charge in [-0.15, -0.1) is 0 Å². The zero-order valence-electron chi connectivity index (χ0n) is 20.8. The van der Waals surface area contributed by atoms with Crippen molar-refractivity contribution in [2.45, 2.75) is 89.7 Å². The van der Waals surface area contributed by atoms with Crippen LogP contribution in [0, 0.1) is 11.8 Å². The van der Waals surface area contributed by atoms with Crippen LogP contribution in [0.5, 0.6) is 0 Å². The number of hydrogen-bond acceptors (Lipinski definition) is 4. The molecule has 0 aromatic heterocycles. The maximum Gasteiger partial charge on any atom is 0.251 e. The molecule has 4 rings (SSSR count). The van der Waals surface area contributed by atoms with Crippen molar-refractivity contribution in [2.24, 2.45) is 11.8 Å². The summed E-state index contributed by atoms with van der Waals surface area (Å²) in [5.41, 5.74) is 1.67. The molecule has 34 heavy (non-hydrogen) atoms. The molecule has 1 aliphatic heterocycles. The van der Waals surface area contributed by atoms with E-state index in [0.717, 1.165) is 63.5 Å². The molecular weight excluding hydrogens is 428 g/mol. The minimum atomic E-state index is -0.411. The molecule has 1 heterocycles. The number of nitrogens with zero attached hydrogens (tertiary/aromatic N) is 1. The molecule has 186 valence electrons. The van der Waals surface area contributed by atoms with Gasteiger partial charge in [0, 0.05) is 30.5 Å². The van der Waals surface area contributed by atoms with E-state index in [1.807, 2.05) is 43.0 Å². The van der Waals surface area contributed by atoms with Crippen LogP contribution >= 0.6 is 0 Å². The van der Waals surface area contributed by atoms with Gasteiger partial charge in [0.25, 0.3) is 5.91 Å². The number of benzene rings is 1. The van der Waals surface area contributed by atoms with Gasteiger partial charge < -0.3 is 15.0 Å². The topological polar surface area (TPSA) is 75.7 Å². The molecule has 6 nitrogen and oxygen atoms in total. The smallest absolute Gasteiger partial charge is 0.251 e. The molecular formula is C28H40N2O4. The van der Waals surface area contributed by atoms with Gasteiger partial charge in [-0.3, -0.25) is 14.4 Å². The second kappa shape index (κ2) is 11.5. The first-order valence-corrected chi connectivity index (χ1v) is 13.3. The largest absolute Gasteiger partial charge is 0.368 e. The average Bonchev–Trinajstić information content (AvgIpc) is 3.70. The highest BCUT2D eigenvalue weighted by Crippen LogP contribution is 2.30. The molecule has 1 N–H and O–H groups in total. The first-order chi connectivity index (χ1) is 16.4. The molecule has 2 aliphatic carbocycles. The van der Waals surface area contributed by atoms with Crippen molar-refractivity contribution in [1.29, 1.82) is 0 Å². The minimum Gasteiger partial charge on any atom is -0.368 e. The predicted molar refractivity (Wildman–Crippen MR) is 132 cm³/mol. The van der Waals surface area contributed by atoms with E-state index in [1.165, 1.54) is 6.42 Å². The van der Waals surface area contributed by atoms with E-state index in [-0.39, 0.29) is 48.1 Å². The van der Waals surface area contributed by atoms with Crippen LogP contribution in [0.1, 0.15) is 93.5 Å². The van der Waals surface area contributed by atoms with E-state index < -0.39 is 6.04 Å². The van der Waals surface area contributed by atoms with Gasteiger partial charge in [0.2, 0.25) is 5.91 Å². The highest BCUT2D eigenvalue weighted by molar-refractivity contribution is 5.98. The van der Waals surface area contributed by atoms with Crippen LogP contribution in [0.3, 0.4) is 0 Å². The fourth-order valence-corrected chi connectivity index (χ4v) is 5.40. The molecule has 0 radical (unpaired) electrons. The summed E-state index contributed by atoms with van der Waals surface area (Å²) < 4.78 is 5.61. The van der Waals surface area contributed by atoms with Gasteiger partial charge >= 0.3 is 0 Å². The monoisotopic (exact) mass is 468 g/mol. The number of ketones is 1. The number of amides is 2. The number of Topliss-reactive ketones (excluding diaryl/α,β-unsaturated/α-hetero) is 1. The third kappa shape index (κ3) is 6.47. The maximum atomic E-state index is 13.2. The second-order valence-corrected chi connectivity index (χ2v) is 10.7. The summed E-state index contributed by atoms with van der Waals surface area (Å²) in [7, 11) is 0. The molecule has 1 aromatic carbocycles. The molecule has 6 heteroatoms. The lowest BCUT2D eigenvalue weighted by Crippen LogP contribution is -2.48. The lowest BCUT2D eigenvalue weighted by Gasteiger charge is -2.33. The standard InChI is InChI=1S/C28H40N2O4/c1-19(2)27(32)26(20-8-4-3-5-9-20)29-28(33)22-11-6-10-21(16-22)23-12-7-15-30(17-23)25(31)18-34-24-13-14-24/h6,10-11,16,19-20,23-24,26H,3-5,7-9,12-15,17-18H2,1-2H3,(H,29,33)/t23?,26-/m1/s1. The van der Waals surface area contributed by atoms with Crippen molar-refractivity contribution in [3.63, 3.8) is 0 Å². The van der Waals surface area contributed by atoms with Gasteiger partial charge in [0.1, 0.15) is 6.61 Å². The van der Waals surface area contributed by atoms with E-state index >= 15 is 0 Å². The molecule has 2 amide bonds. The van der Waals surface area contributed by atoms with E-state index in [0.29, 0.717) is 12.1 Å². The summed E-state index contributed by atoms with van der Waals surface area (Å²) in [4.78, 5) is 40.7. The summed E-state index contributed by atoms with van der Waals surface area (Å²) in [5, 5.41) is 3.10. The number of carbonyl (C=O) groups excluding carboxylic acids is 3. The minimum absolute atomic E-state index is 0.0630. The van der Waals surface area contributed by atoms with Crippen LogP contribution in [0.2, 0.25) is 0 Å². The summed E-state index contributed by atoms with van der Waals surface area (Å²) in [6.45, 7) is 5.43. The highest BCUT2D eigenvalue weighted by atomic mass is 16.5. The average molecular weight is 469 g/mol. The fourth-order valence-electron chi connectivity index (χ4n) is 5.40. The number of likely N-dealkylation sites (tertiary alicyclic amines) is 1. The Morgan fingerprint density at radius 2 is 1.79 bits per heavy atom. The van der Waals surface area contributed by atoms with Crippen molar-refractivity contribution < 1.29 is 19.1 Å². The SMILES string of the molecule is CC(C)C(=O)[C@H](NC(=O)c1cccc(C2CCCN(C(=O)COC3CC3)C2)c1)C1CCCCC1. The summed E-state index contributed by atoms with van der Waals surface area (Å²) >= 11 is 0. The normalized spacial score (nSPS) is 22.4. The summed E-state index contributed by atoms with van der Waals surface area (Å²) in [5.74, 6) is 0.352. The Kier molecular flexibility index (Phi) is 8.41. The molecule has 1 saturated heterocycles. The molecule has 3 fully saturated rings. The predicted octanol–water partition coefficient (Wildman–Crippen LogP) is 4.48. The Bertz CT molecular complexity index is 873. The highest BCUT2D eigenvalue weighted by Gasteiger charge is 2.33. The Balaban J connectivity index is 1.41. The summed E-state index contributed by atoms with van der Waals surface area (Å²) in [6.07, 6.45) is 9.81. The van der Waals surface area contributed by atoms with Crippen LogP contribution in [0.15, 0.2) is 24.3 Å². The second-order valence-electron chi connectivity index (χ2n) is 10.7. The third-order valence-corrected chi connectivity index (χ3v) is 7.64. The van der Waals surface area contributed by atoms with Gasteiger partial charge in [0.15, 0.2) is 5.78 Å². The first kappa shape index (κ1) is 24.9. The number of carbonyl (C=O) groups is 3. The number of piperidine rings is 1. The van der Waals surface area contributed by atoms with Crippen LogP contribution in [-0.4, -0.2) is 54.3 Å². The van der Waals surface area contributed by atoms with Gasteiger partial charge in [-0.2, -0.15) is 0 Å². The van der Waals surface area contributed by atoms with E-state index in [2.05, 4.69) is 5.32 Å². The molecule has 0 spiro atoms.